The molecule has 3 heterocycles. The highest BCUT2D eigenvalue weighted by molar-refractivity contribution is 5.03. The van der Waals surface area contributed by atoms with Crippen molar-refractivity contribution in [2.75, 3.05) is 6.54 Å². The van der Waals surface area contributed by atoms with Crippen molar-refractivity contribution in [2.45, 2.75) is 64.1 Å². The third-order valence-corrected chi connectivity index (χ3v) is 4.75. The van der Waals surface area contributed by atoms with Crippen LogP contribution in [0.5, 0.6) is 0 Å². The van der Waals surface area contributed by atoms with Gasteiger partial charge in [-0.05, 0) is 39.2 Å². The first kappa shape index (κ1) is 13.9. The predicted octanol–water partition coefficient (Wildman–Crippen LogP) is 2.89. The van der Waals surface area contributed by atoms with Crippen molar-refractivity contribution in [2.24, 2.45) is 0 Å². The van der Waals surface area contributed by atoms with Crippen molar-refractivity contribution in [3.63, 3.8) is 0 Å². The normalized spacial score (nSPS) is 23.0. The Kier molecular flexibility index (Phi) is 3.70. The number of aryl methyl sites for hydroxylation is 1. The van der Waals surface area contributed by atoms with E-state index in [1.54, 1.807) is 0 Å². The molecule has 1 saturated carbocycles. The molecule has 0 radical (unpaired) electrons. The van der Waals surface area contributed by atoms with E-state index >= 15 is 0 Å². The van der Waals surface area contributed by atoms with Crippen molar-refractivity contribution >= 4 is 0 Å². The van der Waals surface area contributed by atoms with Gasteiger partial charge in [0.2, 0.25) is 11.8 Å². The summed E-state index contributed by atoms with van der Waals surface area (Å²) in [6.45, 7) is 4.94. The lowest BCUT2D eigenvalue weighted by atomic mass is 10.0. The zero-order valence-corrected chi connectivity index (χ0v) is 13.1. The molecule has 1 aliphatic carbocycles. The maximum Gasteiger partial charge on any atom is 0.230 e. The molecule has 1 atom stereocenters. The van der Waals surface area contributed by atoms with E-state index < -0.39 is 0 Å². The molecule has 2 aromatic heterocycles. The summed E-state index contributed by atoms with van der Waals surface area (Å²) in [7, 11) is 0. The summed E-state index contributed by atoms with van der Waals surface area (Å²) in [5.41, 5.74) is 0. The summed E-state index contributed by atoms with van der Waals surface area (Å²) in [5, 5.41) is 8.45. The van der Waals surface area contributed by atoms with Gasteiger partial charge in [0.05, 0.1) is 12.6 Å². The number of nitrogens with zero attached hydrogens (tertiary/aromatic N) is 5. The molecule has 0 aromatic carbocycles. The maximum absolute atomic E-state index is 5.84. The van der Waals surface area contributed by atoms with Crippen molar-refractivity contribution in [3.8, 4) is 0 Å². The van der Waals surface area contributed by atoms with Gasteiger partial charge in [-0.2, -0.15) is 0 Å². The maximum atomic E-state index is 5.84. The second-order valence-corrected chi connectivity index (χ2v) is 6.36. The predicted molar refractivity (Wildman–Crippen MR) is 81.2 cm³/mol. The Bertz CT molecular complexity index is 630. The second kappa shape index (κ2) is 5.83. The van der Waals surface area contributed by atoms with Gasteiger partial charge in [-0.15, -0.1) is 10.2 Å². The number of hydrogen-bond acceptors (Lipinski definition) is 5. The van der Waals surface area contributed by atoms with E-state index in [1.165, 1.54) is 31.5 Å². The average Bonchev–Trinajstić information content (AvgIpc) is 3.11. The molecule has 0 N–H and O–H groups in total. The topological polar surface area (TPSA) is 60.0 Å². The lowest BCUT2D eigenvalue weighted by Gasteiger charge is -2.34. The number of piperidine rings is 1. The molecule has 22 heavy (non-hydrogen) atoms. The lowest BCUT2D eigenvalue weighted by molar-refractivity contribution is 0.118. The fourth-order valence-electron chi connectivity index (χ4n) is 3.36. The van der Waals surface area contributed by atoms with Crippen LogP contribution in [-0.2, 0) is 13.1 Å². The molecule has 2 aliphatic rings. The minimum atomic E-state index is 0.361. The third kappa shape index (κ3) is 2.67. The Morgan fingerprint density at radius 2 is 2.14 bits per heavy atom. The van der Waals surface area contributed by atoms with Crippen LogP contribution in [-0.4, -0.2) is 31.2 Å². The molecule has 6 nitrogen and oxygen atoms in total. The van der Waals surface area contributed by atoms with E-state index in [4.69, 9.17) is 4.42 Å². The molecule has 2 aromatic rings. The summed E-state index contributed by atoms with van der Waals surface area (Å²) in [6, 6.07) is 0.361. The molecular formula is C16H23N5O. The zero-order chi connectivity index (χ0) is 14.9. The monoisotopic (exact) mass is 301 g/mol. The first-order chi connectivity index (χ1) is 10.8. The molecule has 2 fully saturated rings. The van der Waals surface area contributed by atoms with Crippen LogP contribution in [0, 0.1) is 0 Å². The van der Waals surface area contributed by atoms with Gasteiger partial charge in [0.15, 0.2) is 0 Å². The highest BCUT2D eigenvalue weighted by Gasteiger charge is 2.31. The van der Waals surface area contributed by atoms with Gasteiger partial charge in [0.1, 0.15) is 5.82 Å². The van der Waals surface area contributed by atoms with Crippen LogP contribution in [0.1, 0.15) is 68.6 Å². The first-order valence-corrected chi connectivity index (χ1v) is 8.42. The SMILES string of the molecule is CCn1ccnc1C1CCCCN1Cc1nnc(C2CC2)o1. The number of rotatable bonds is 5. The summed E-state index contributed by atoms with van der Waals surface area (Å²) in [4.78, 5) is 7.05. The zero-order valence-electron chi connectivity index (χ0n) is 13.1. The van der Waals surface area contributed by atoms with Gasteiger partial charge in [0, 0.05) is 24.9 Å². The van der Waals surface area contributed by atoms with E-state index in [0.717, 1.165) is 37.8 Å². The Balaban J connectivity index is 1.52. The Morgan fingerprint density at radius 3 is 2.95 bits per heavy atom. The van der Waals surface area contributed by atoms with Crippen LogP contribution in [0.25, 0.3) is 0 Å². The second-order valence-electron chi connectivity index (χ2n) is 6.36. The van der Waals surface area contributed by atoms with Gasteiger partial charge < -0.3 is 8.98 Å². The summed E-state index contributed by atoms with van der Waals surface area (Å²) in [6.07, 6.45) is 10.0. The lowest BCUT2D eigenvalue weighted by Crippen LogP contribution is -2.34. The summed E-state index contributed by atoms with van der Waals surface area (Å²) in [5.74, 6) is 3.28. The smallest absolute Gasteiger partial charge is 0.230 e. The van der Waals surface area contributed by atoms with Crippen LogP contribution < -0.4 is 0 Å². The quantitative estimate of drug-likeness (QED) is 0.850. The van der Waals surface area contributed by atoms with E-state index in [2.05, 4.69) is 37.8 Å². The molecule has 0 bridgehead atoms. The van der Waals surface area contributed by atoms with Gasteiger partial charge in [-0.25, -0.2) is 4.98 Å². The van der Waals surface area contributed by atoms with Crippen molar-refractivity contribution in [1.82, 2.24) is 24.6 Å². The minimum Gasteiger partial charge on any atom is -0.424 e. The molecule has 1 aliphatic heterocycles. The fourth-order valence-corrected chi connectivity index (χ4v) is 3.36. The highest BCUT2D eigenvalue weighted by atomic mass is 16.4. The standard InChI is InChI=1S/C16H23N5O/c1-2-20-10-8-17-15(20)13-5-3-4-9-21(13)11-14-18-19-16(22-14)12-6-7-12/h8,10,12-13H,2-7,9,11H2,1H3. The first-order valence-electron chi connectivity index (χ1n) is 8.42. The molecule has 0 spiro atoms. The van der Waals surface area contributed by atoms with Crippen LogP contribution in [0.4, 0.5) is 0 Å². The molecule has 1 saturated heterocycles. The van der Waals surface area contributed by atoms with Gasteiger partial charge >= 0.3 is 0 Å². The average molecular weight is 301 g/mol. The van der Waals surface area contributed by atoms with Crippen LogP contribution >= 0.6 is 0 Å². The minimum absolute atomic E-state index is 0.361. The van der Waals surface area contributed by atoms with Crippen LogP contribution in [0.15, 0.2) is 16.8 Å². The van der Waals surface area contributed by atoms with Crippen molar-refractivity contribution in [1.29, 1.82) is 0 Å². The molecule has 1 unspecified atom stereocenters. The highest BCUT2D eigenvalue weighted by Crippen LogP contribution is 2.39. The number of aromatic nitrogens is 4. The number of likely N-dealkylation sites (tertiary alicyclic amines) is 1. The number of imidazole rings is 1. The molecule has 6 heteroatoms. The van der Waals surface area contributed by atoms with E-state index in [-0.39, 0.29) is 0 Å². The largest absolute Gasteiger partial charge is 0.424 e. The Morgan fingerprint density at radius 1 is 1.23 bits per heavy atom. The molecule has 118 valence electrons. The Labute approximate surface area is 130 Å². The van der Waals surface area contributed by atoms with E-state index in [0.29, 0.717) is 12.0 Å². The van der Waals surface area contributed by atoms with E-state index in [1.807, 2.05) is 6.20 Å². The van der Waals surface area contributed by atoms with E-state index in [9.17, 15) is 0 Å². The van der Waals surface area contributed by atoms with Gasteiger partial charge in [-0.3, -0.25) is 4.90 Å². The van der Waals surface area contributed by atoms with Gasteiger partial charge in [0.25, 0.3) is 0 Å². The fraction of sp³-hybridized carbons (Fsp3) is 0.688. The van der Waals surface area contributed by atoms with Gasteiger partial charge in [-0.1, -0.05) is 6.42 Å². The third-order valence-electron chi connectivity index (χ3n) is 4.75. The Hall–Kier alpha value is -1.69. The van der Waals surface area contributed by atoms with Crippen LogP contribution in [0.3, 0.4) is 0 Å². The van der Waals surface area contributed by atoms with Crippen molar-refractivity contribution < 1.29 is 4.42 Å². The molecular weight excluding hydrogens is 278 g/mol. The van der Waals surface area contributed by atoms with Crippen molar-refractivity contribution in [3.05, 3.63) is 30.0 Å². The molecule has 4 rings (SSSR count). The molecule has 0 amide bonds. The number of hydrogen-bond donors (Lipinski definition) is 0. The summed E-state index contributed by atoms with van der Waals surface area (Å²) >= 11 is 0. The van der Waals surface area contributed by atoms with Crippen LogP contribution in [0.2, 0.25) is 0 Å². The summed E-state index contributed by atoms with van der Waals surface area (Å²) < 4.78 is 8.08.